The van der Waals surface area contributed by atoms with Crippen LogP contribution in [0, 0.1) is 12.3 Å². The Balaban J connectivity index is 3.17. The minimum absolute atomic E-state index is 0.334. The van der Waals surface area contributed by atoms with Crippen molar-refractivity contribution in [2.45, 2.75) is 32.1 Å². The lowest BCUT2D eigenvalue weighted by Gasteiger charge is -1.98. The van der Waals surface area contributed by atoms with Crippen LogP contribution in [0.3, 0.4) is 0 Å². The summed E-state index contributed by atoms with van der Waals surface area (Å²) < 4.78 is 0. The van der Waals surface area contributed by atoms with Crippen molar-refractivity contribution in [1.29, 1.82) is 0 Å². The van der Waals surface area contributed by atoms with Gasteiger partial charge in [-0.15, -0.1) is 12.3 Å². The van der Waals surface area contributed by atoms with Gasteiger partial charge in [0.15, 0.2) is 0 Å². The third-order valence-corrected chi connectivity index (χ3v) is 1.66. The van der Waals surface area contributed by atoms with Crippen molar-refractivity contribution < 1.29 is 4.79 Å². The summed E-state index contributed by atoms with van der Waals surface area (Å²) in [4.78, 5) is 11.1. The van der Waals surface area contributed by atoms with E-state index in [9.17, 15) is 4.79 Å². The Morgan fingerprint density at radius 3 is 2.67 bits per heavy atom. The SMILES string of the molecule is C#CCCCC(=O)CCCNC. The molecule has 0 saturated heterocycles. The lowest BCUT2D eigenvalue weighted by Crippen LogP contribution is -2.09. The molecule has 0 atom stereocenters. The number of nitrogens with one attached hydrogen (secondary N) is 1. The summed E-state index contributed by atoms with van der Waals surface area (Å²) in [6.07, 6.45) is 8.90. The maximum absolute atomic E-state index is 11.1. The molecule has 0 aromatic heterocycles. The third-order valence-electron chi connectivity index (χ3n) is 1.66. The van der Waals surface area contributed by atoms with E-state index in [2.05, 4.69) is 11.2 Å². The molecule has 0 aromatic rings. The van der Waals surface area contributed by atoms with Crippen LogP contribution in [-0.2, 0) is 4.79 Å². The lowest BCUT2D eigenvalue weighted by molar-refractivity contribution is -0.119. The Morgan fingerprint density at radius 2 is 2.08 bits per heavy atom. The average molecular weight is 167 g/mol. The van der Waals surface area contributed by atoms with Crippen molar-refractivity contribution in [3.05, 3.63) is 0 Å². The zero-order valence-electron chi connectivity index (χ0n) is 7.73. The summed E-state index contributed by atoms with van der Waals surface area (Å²) in [7, 11) is 1.89. The van der Waals surface area contributed by atoms with Crippen molar-refractivity contribution in [3.8, 4) is 12.3 Å². The minimum Gasteiger partial charge on any atom is -0.320 e. The molecule has 0 bridgehead atoms. The van der Waals surface area contributed by atoms with E-state index in [0.717, 1.165) is 25.8 Å². The standard InChI is InChI=1S/C10H17NO/c1-3-4-5-7-10(12)8-6-9-11-2/h1,11H,4-9H2,2H3. The van der Waals surface area contributed by atoms with E-state index in [4.69, 9.17) is 6.42 Å². The summed E-state index contributed by atoms with van der Waals surface area (Å²) in [5.74, 6) is 2.86. The molecule has 0 aliphatic rings. The van der Waals surface area contributed by atoms with Crippen LogP contribution < -0.4 is 5.32 Å². The van der Waals surface area contributed by atoms with E-state index in [1.807, 2.05) is 7.05 Å². The molecule has 2 heteroatoms. The fourth-order valence-corrected chi connectivity index (χ4v) is 0.975. The van der Waals surface area contributed by atoms with Gasteiger partial charge in [0.25, 0.3) is 0 Å². The van der Waals surface area contributed by atoms with Gasteiger partial charge in [0.1, 0.15) is 5.78 Å². The third kappa shape index (κ3) is 7.30. The van der Waals surface area contributed by atoms with Gasteiger partial charge in [-0.1, -0.05) is 0 Å². The monoisotopic (exact) mass is 167 g/mol. The van der Waals surface area contributed by atoms with Gasteiger partial charge in [0.05, 0.1) is 0 Å². The number of Topliss-reactive ketones (excluding diaryl/α,β-unsaturated/α-hetero) is 1. The van der Waals surface area contributed by atoms with Crippen LogP contribution >= 0.6 is 0 Å². The maximum Gasteiger partial charge on any atom is 0.132 e. The molecule has 1 N–H and O–H groups in total. The van der Waals surface area contributed by atoms with Crippen LogP contribution in [0.4, 0.5) is 0 Å². The lowest BCUT2D eigenvalue weighted by atomic mass is 10.1. The molecule has 68 valence electrons. The van der Waals surface area contributed by atoms with Crippen LogP contribution in [0.2, 0.25) is 0 Å². The first-order valence-electron chi connectivity index (χ1n) is 4.41. The molecular weight excluding hydrogens is 150 g/mol. The highest BCUT2D eigenvalue weighted by atomic mass is 16.1. The molecule has 0 amide bonds. The van der Waals surface area contributed by atoms with Crippen LogP contribution in [0.1, 0.15) is 32.1 Å². The summed E-state index contributed by atoms with van der Waals surface area (Å²) in [6.45, 7) is 0.918. The smallest absolute Gasteiger partial charge is 0.132 e. The van der Waals surface area contributed by atoms with Gasteiger partial charge >= 0.3 is 0 Å². The number of hydrogen-bond acceptors (Lipinski definition) is 2. The zero-order chi connectivity index (χ0) is 9.23. The van der Waals surface area contributed by atoms with Gasteiger partial charge in [-0.3, -0.25) is 4.79 Å². The molecule has 0 radical (unpaired) electrons. The highest BCUT2D eigenvalue weighted by molar-refractivity contribution is 5.78. The van der Waals surface area contributed by atoms with Crippen molar-refractivity contribution in [2.24, 2.45) is 0 Å². The van der Waals surface area contributed by atoms with E-state index in [0.29, 0.717) is 18.6 Å². The highest BCUT2D eigenvalue weighted by Crippen LogP contribution is 2.00. The summed E-state index contributed by atoms with van der Waals surface area (Å²) in [6, 6.07) is 0. The van der Waals surface area contributed by atoms with Gasteiger partial charge in [0, 0.05) is 19.3 Å². The van der Waals surface area contributed by atoms with Crippen molar-refractivity contribution in [1.82, 2.24) is 5.32 Å². The summed E-state index contributed by atoms with van der Waals surface area (Å²) in [5.41, 5.74) is 0. The number of hydrogen-bond donors (Lipinski definition) is 1. The van der Waals surface area contributed by atoms with E-state index < -0.39 is 0 Å². The normalized spacial score (nSPS) is 9.33. The number of ketones is 1. The second-order valence-corrected chi connectivity index (χ2v) is 2.80. The number of carbonyl (C=O) groups excluding carboxylic acids is 1. The fourth-order valence-electron chi connectivity index (χ4n) is 0.975. The molecule has 2 nitrogen and oxygen atoms in total. The molecule has 0 aliphatic heterocycles. The van der Waals surface area contributed by atoms with Crippen molar-refractivity contribution >= 4 is 5.78 Å². The maximum atomic E-state index is 11.1. The number of unbranched alkanes of at least 4 members (excludes halogenated alkanes) is 1. The predicted octanol–water partition coefficient (Wildman–Crippen LogP) is 1.36. The first kappa shape index (κ1) is 11.2. The molecule has 0 rings (SSSR count). The quantitative estimate of drug-likeness (QED) is 0.458. The Hall–Kier alpha value is -0.810. The second-order valence-electron chi connectivity index (χ2n) is 2.80. The van der Waals surface area contributed by atoms with Gasteiger partial charge in [-0.25, -0.2) is 0 Å². The number of rotatable bonds is 7. The molecule has 12 heavy (non-hydrogen) atoms. The van der Waals surface area contributed by atoms with Gasteiger partial charge in [-0.2, -0.15) is 0 Å². The fraction of sp³-hybridized carbons (Fsp3) is 0.700. The van der Waals surface area contributed by atoms with E-state index in [1.54, 1.807) is 0 Å². The van der Waals surface area contributed by atoms with E-state index in [-0.39, 0.29) is 0 Å². The van der Waals surface area contributed by atoms with E-state index in [1.165, 1.54) is 0 Å². The van der Waals surface area contributed by atoms with E-state index >= 15 is 0 Å². The van der Waals surface area contributed by atoms with Crippen LogP contribution in [0.15, 0.2) is 0 Å². The Morgan fingerprint density at radius 1 is 1.42 bits per heavy atom. The van der Waals surface area contributed by atoms with Crippen LogP contribution in [0.25, 0.3) is 0 Å². The second kappa shape index (κ2) is 8.29. The molecule has 0 saturated carbocycles. The van der Waals surface area contributed by atoms with Crippen LogP contribution in [-0.4, -0.2) is 19.4 Å². The Labute approximate surface area is 74.7 Å². The molecular formula is C10H17NO. The van der Waals surface area contributed by atoms with Gasteiger partial charge in [0.2, 0.25) is 0 Å². The summed E-state index contributed by atoms with van der Waals surface area (Å²) in [5, 5.41) is 3.01. The molecule has 0 aliphatic carbocycles. The largest absolute Gasteiger partial charge is 0.320 e. The van der Waals surface area contributed by atoms with Gasteiger partial charge < -0.3 is 5.32 Å². The van der Waals surface area contributed by atoms with Crippen molar-refractivity contribution in [2.75, 3.05) is 13.6 Å². The number of terminal acetylenes is 1. The van der Waals surface area contributed by atoms with Crippen LogP contribution in [0.5, 0.6) is 0 Å². The van der Waals surface area contributed by atoms with Gasteiger partial charge in [-0.05, 0) is 26.4 Å². The first-order valence-corrected chi connectivity index (χ1v) is 4.41. The Bertz CT molecular complexity index is 158. The molecule has 0 fully saturated rings. The molecule has 0 aromatic carbocycles. The average Bonchev–Trinajstić information content (AvgIpc) is 2.06. The molecule has 0 unspecified atom stereocenters. The molecule has 0 spiro atoms. The zero-order valence-corrected chi connectivity index (χ0v) is 7.73. The minimum atomic E-state index is 0.334. The topological polar surface area (TPSA) is 29.1 Å². The predicted molar refractivity (Wildman–Crippen MR) is 50.9 cm³/mol. The summed E-state index contributed by atoms with van der Waals surface area (Å²) >= 11 is 0. The number of carbonyl (C=O) groups is 1. The Kier molecular flexibility index (Phi) is 7.73. The first-order chi connectivity index (χ1) is 5.81. The van der Waals surface area contributed by atoms with Crippen molar-refractivity contribution in [3.63, 3.8) is 0 Å². The highest BCUT2D eigenvalue weighted by Gasteiger charge is 1.99. The molecule has 0 heterocycles.